The summed E-state index contributed by atoms with van der Waals surface area (Å²) in [6, 6.07) is 5.50. The molecule has 0 aliphatic rings. The highest BCUT2D eigenvalue weighted by Gasteiger charge is 2.10. The highest BCUT2D eigenvalue weighted by molar-refractivity contribution is 7.13. The lowest BCUT2D eigenvalue weighted by Crippen LogP contribution is -2.12. The lowest BCUT2D eigenvalue weighted by Gasteiger charge is -2.06. The molecule has 1 heterocycles. The zero-order valence-corrected chi connectivity index (χ0v) is 9.66. The van der Waals surface area contributed by atoms with Gasteiger partial charge in [-0.05, 0) is 18.2 Å². The van der Waals surface area contributed by atoms with Crippen LogP contribution in [-0.2, 0) is 0 Å². The SMILES string of the molecule is O=C(Nc1nncs1)c1cccc(OC(F)F)c1. The van der Waals surface area contributed by atoms with Crippen molar-refractivity contribution in [2.45, 2.75) is 6.61 Å². The molecule has 5 nitrogen and oxygen atoms in total. The average Bonchev–Trinajstić information content (AvgIpc) is 2.81. The summed E-state index contributed by atoms with van der Waals surface area (Å²) in [5, 5.41) is 10.0. The van der Waals surface area contributed by atoms with Crippen LogP contribution >= 0.6 is 11.3 Å². The molecule has 1 aromatic heterocycles. The number of hydrogen-bond acceptors (Lipinski definition) is 5. The molecule has 0 atom stereocenters. The molecule has 18 heavy (non-hydrogen) atoms. The molecule has 0 bridgehead atoms. The monoisotopic (exact) mass is 271 g/mol. The third kappa shape index (κ3) is 3.20. The summed E-state index contributed by atoms with van der Waals surface area (Å²) in [7, 11) is 0. The Bertz CT molecular complexity index is 534. The number of carbonyl (C=O) groups is 1. The molecule has 0 aliphatic heterocycles. The molecule has 2 rings (SSSR count). The summed E-state index contributed by atoms with van der Waals surface area (Å²) in [4.78, 5) is 11.7. The molecule has 1 N–H and O–H groups in total. The van der Waals surface area contributed by atoms with E-state index in [0.29, 0.717) is 5.13 Å². The Labute approximate surface area is 104 Å². The molecule has 0 saturated carbocycles. The Hall–Kier alpha value is -2.09. The summed E-state index contributed by atoms with van der Waals surface area (Å²) in [6.07, 6.45) is 0. The number of hydrogen-bond donors (Lipinski definition) is 1. The standard InChI is InChI=1S/C10H7F2N3O2S/c11-9(12)17-7-3-1-2-6(4-7)8(16)14-10-15-13-5-18-10/h1-5,9H,(H,14,15,16). The first kappa shape index (κ1) is 12.4. The lowest BCUT2D eigenvalue weighted by molar-refractivity contribution is -0.0498. The highest BCUT2D eigenvalue weighted by atomic mass is 32.1. The summed E-state index contributed by atoms with van der Waals surface area (Å²) in [5.41, 5.74) is 1.66. The smallest absolute Gasteiger partial charge is 0.387 e. The number of aromatic nitrogens is 2. The van der Waals surface area contributed by atoms with E-state index in [9.17, 15) is 13.6 Å². The van der Waals surface area contributed by atoms with E-state index in [2.05, 4.69) is 20.3 Å². The van der Waals surface area contributed by atoms with Crippen LogP contribution in [0, 0.1) is 0 Å². The van der Waals surface area contributed by atoms with Gasteiger partial charge in [0.2, 0.25) is 5.13 Å². The number of carbonyl (C=O) groups excluding carboxylic acids is 1. The molecule has 0 saturated heterocycles. The number of amides is 1. The fourth-order valence-corrected chi connectivity index (χ4v) is 1.65. The quantitative estimate of drug-likeness (QED) is 0.927. The number of nitrogens with one attached hydrogen (secondary N) is 1. The van der Waals surface area contributed by atoms with E-state index in [1.807, 2.05) is 0 Å². The summed E-state index contributed by atoms with van der Waals surface area (Å²) in [6.45, 7) is -2.92. The third-order valence-corrected chi connectivity index (χ3v) is 2.51. The molecule has 8 heteroatoms. The highest BCUT2D eigenvalue weighted by Crippen LogP contribution is 2.17. The normalized spacial score (nSPS) is 10.4. The molecule has 2 aromatic rings. The molecule has 1 aromatic carbocycles. The van der Waals surface area contributed by atoms with Gasteiger partial charge in [-0.2, -0.15) is 8.78 Å². The number of halogens is 2. The van der Waals surface area contributed by atoms with Gasteiger partial charge in [-0.25, -0.2) is 0 Å². The van der Waals surface area contributed by atoms with Crippen molar-refractivity contribution in [2.24, 2.45) is 0 Å². The maximum absolute atomic E-state index is 12.0. The van der Waals surface area contributed by atoms with Crippen LogP contribution in [-0.4, -0.2) is 22.7 Å². The van der Waals surface area contributed by atoms with Gasteiger partial charge in [0.25, 0.3) is 5.91 Å². The van der Waals surface area contributed by atoms with Gasteiger partial charge in [0.1, 0.15) is 11.3 Å². The molecule has 0 fully saturated rings. The molecular formula is C10H7F2N3O2S. The van der Waals surface area contributed by atoms with E-state index in [-0.39, 0.29) is 11.3 Å². The lowest BCUT2D eigenvalue weighted by atomic mass is 10.2. The zero-order chi connectivity index (χ0) is 13.0. The second-order valence-electron chi connectivity index (χ2n) is 3.10. The van der Waals surface area contributed by atoms with E-state index in [1.165, 1.54) is 29.8 Å². The molecular weight excluding hydrogens is 264 g/mol. The molecule has 0 radical (unpaired) electrons. The van der Waals surface area contributed by atoms with Gasteiger partial charge in [-0.3, -0.25) is 10.1 Å². The maximum atomic E-state index is 12.0. The number of anilines is 1. The molecule has 0 unspecified atom stereocenters. The van der Waals surface area contributed by atoms with Crippen LogP contribution in [0.15, 0.2) is 29.8 Å². The van der Waals surface area contributed by atoms with Crippen LogP contribution in [0.2, 0.25) is 0 Å². The molecule has 0 spiro atoms. The predicted molar refractivity (Wildman–Crippen MR) is 60.9 cm³/mol. The Kier molecular flexibility index (Phi) is 3.78. The van der Waals surface area contributed by atoms with Crippen molar-refractivity contribution in [3.05, 3.63) is 35.3 Å². The van der Waals surface area contributed by atoms with Crippen molar-refractivity contribution in [3.63, 3.8) is 0 Å². The average molecular weight is 271 g/mol. The molecule has 0 aliphatic carbocycles. The predicted octanol–water partition coefficient (Wildman–Crippen LogP) is 2.39. The van der Waals surface area contributed by atoms with Crippen molar-refractivity contribution in [1.29, 1.82) is 0 Å². The van der Waals surface area contributed by atoms with E-state index in [1.54, 1.807) is 0 Å². The van der Waals surface area contributed by atoms with Gasteiger partial charge in [0, 0.05) is 5.56 Å². The summed E-state index contributed by atoms with van der Waals surface area (Å²) < 4.78 is 28.2. The van der Waals surface area contributed by atoms with Crippen molar-refractivity contribution < 1.29 is 18.3 Å². The van der Waals surface area contributed by atoms with Crippen molar-refractivity contribution >= 4 is 22.4 Å². The number of alkyl halides is 2. The topological polar surface area (TPSA) is 64.1 Å². The fraction of sp³-hybridized carbons (Fsp3) is 0.100. The molecule has 1 amide bonds. The third-order valence-electron chi connectivity index (χ3n) is 1.90. The van der Waals surface area contributed by atoms with Gasteiger partial charge in [0.15, 0.2) is 0 Å². The minimum atomic E-state index is -2.92. The number of rotatable bonds is 4. The summed E-state index contributed by atoms with van der Waals surface area (Å²) >= 11 is 1.16. The Morgan fingerprint density at radius 2 is 2.28 bits per heavy atom. The zero-order valence-electron chi connectivity index (χ0n) is 8.84. The minimum absolute atomic E-state index is 0.0742. The number of ether oxygens (including phenoxy) is 1. The first-order chi connectivity index (χ1) is 8.65. The number of benzene rings is 1. The van der Waals surface area contributed by atoms with E-state index < -0.39 is 12.5 Å². The van der Waals surface area contributed by atoms with Crippen LogP contribution in [0.1, 0.15) is 10.4 Å². The van der Waals surface area contributed by atoms with E-state index in [4.69, 9.17) is 0 Å². The summed E-state index contributed by atoms with van der Waals surface area (Å²) in [5.74, 6) is -0.540. The maximum Gasteiger partial charge on any atom is 0.387 e. The van der Waals surface area contributed by atoms with E-state index >= 15 is 0 Å². The van der Waals surface area contributed by atoms with Crippen LogP contribution < -0.4 is 10.1 Å². The largest absolute Gasteiger partial charge is 0.435 e. The Morgan fingerprint density at radius 1 is 1.44 bits per heavy atom. The van der Waals surface area contributed by atoms with E-state index in [0.717, 1.165) is 11.3 Å². The van der Waals surface area contributed by atoms with Crippen LogP contribution in [0.5, 0.6) is 5.75 Å². The second-order valence-corrected chi connectivity index (χ2v) is 3.94. The second kappa shape index (κ2) is 5.50. The van der Waals surface area contributed by atoms with Gasteiger partial charge in [-0.1, -0.05) is 17.4 Å². The number of nitrogens with zero attached hydrogens (tertiary/aromatic N) is 2. The van der Waals surface area contributed by atoms with Gasteiger partial charge >= 0.3 is 6.61 Å². The van der Waals surface area contributed by atoms with Crippen molar-refractivity contribution in [1.82, 2.24) is 10.2 Å². The van der Waals surface area contributed by atoms with Gasteiger partial charge < -0.3 is 4.74 Å². The van der Waals surface area contributed by atoms with Crippen LogP contribution in [0.25, 0.3) is 0 Å². The first-order valence-corrected chi connectivity index (χ1v) is 5.65. The minimum Gasteiger partial charge on any atom is -0.435 e. The van der Waals surface area contributed by atoms with Crippen LogP contribution in [0.3, 0.4) is 0 Å². The van der Waals surface area contributed by atoms with Gasteiger partial charge in [-0.15, -0.1) is 10.2 Å². The van der Waals surface area contributed by atoms with Gasteiger partial charge in [0.05, 0.1) is 0 Å². The molecule has 94 valence electrons. The Balaban J connectivity index is 2.10. The van der Waals surface area contributed by atoms with Crippen LogP contribution in [0.4, 0.5) is 13.9 Å². The first-order valence-electron chi connectivity index (χ1n) is 4.77. The van der Waals surface area contributed by atoms with Crippen molar-refractivity contribution in [3.8, 4) is 5.75 Å². The fourth-order valence-electron chi connectivity index (χ4n) is 1.21. The van der Waals surface area contributed by atoms with Crippen molar-refractivity contribution in [2.75, 3.05) is 5.32 Å². The Morgan fingerprint density at radius 3 is 2.94 bits per heavy atom.